The van der Waals surface area contributed by atoms with E-state index < -0.39 is 0 Å². The average Bonchev–Trinajstić information content (AvgIpc) is 2.85. The number of nitrogens with one attached hydrogen (secondary N) is 1. The second-order valence-corrected chi connectivity index (χ2v) is 5.88. The number of hydrogen-bond donors (Lipinski definition) is 2. The lowest BCUT2D eigenvalue weighted by atomic mass is 10.2. The summed E-state index contributed by atoms with van der Waals surface area (Å²) < 4.78 is 0.837. The highest BCUT2D eigenvalue weighted by molar-refractivity contribution is 8.01. The van der Waals surface area contributed by atoms with Gasteiger partial charge < -0.3 is 0 Å². The van der Waals surface area contributed by atoms with Crippen LogP contribution in [0.3, 0.4) is 0 Å². The molecule has 4 nitrogen and oxygen atoms in total. The van der Waals surface area contributed by atoms with Crippen LogP contribution in [0, 0.1) is 0 Å². The molecule has 1 aromatic carbocycles. The van der Waals surface area contributed by atoms with E-state index in [0.29, 0.717) is 5.02 Å². The molecular formula is C11H10ClN3OS2. The number of thioether (sulfide) groups is 1. The maximum absolute atomic E-state index is 11.0. The van der Waals surface area contributed by atoms with Crippen molar-refractivity contribution in [2.45, 2.75) is 4.34 Å². The third-order valence-corrected chi connectivity index (χ3v) is 4.38. The summed E-state index contributed by atoms with van der Waals surface area (Å²) in [5.41, 5.74) is 3.97. The van der Waals surface area contributed by atoms with Crippen LogP contribution >= 0.6 is 34.7 Å². The van der Waals surface area contributed by atoms with Crippen LogP contribution < -0.4 is 11.3 Å². The molecule has 0 aliphatic carbocycles. The lowest BCUT2D eigenvalue weighted by Gasteiger charge is -1.97. The van der Waals surface area contributed by atoms with Crippen molar-refractivity contribution in [3.05, 3.63) is 34.7 Å². The van der Waals surface area contributed by atoms with Crippen LogP contribution in [0.5, 0.6) is 0 Å². The van der Waals surface area contributed by atoms with Gasteiger partial charge in [-0.1, -0.05) is 35.5 Å². The van der Waals surface area contributed by atoms with Crippen molar-refractivity contribution in [2.24, 2.45) is 5.84 Å². The van der Waals surface area contributed by atoms with E-state index in [4.69, 9.17) is 17.4 Å². The Hall–Kier alpha value is -1.08. The van der Waals surface area contributed by atoms with Crippen molar-refractivity contribution in [1.29, 1.82) is 0 Å². The number of hydrogen-bond acceptors (Lipinski definition) is 5. The molecule has 0 saturated heterocycles. The summed E-state index contributed by atoms with van der Waals surface area (Å²) in [7, 11) is 0. The van der Waals surface area contributed by atoms with Crippen molar-refractivity contribution in [1.82, 2.24) is 10.4 Å². The SMILES string of the molecule is NNC(=O)CSc1nc(-c2ccc(Cl)cc2)cs1. The molecule has 1 amide bonds. The maximum atomic E-state index is 11.0. The van der Waals surface area contributed by atoms with Gasteiger partial charge in [-0.05, 0) is 12.1 Å². The van der Waals surface area contributed by atoms with E-state index in [2.05, 4.69) is 10.4 Å². The molecule has 0 fully saturated rings. The lowest BCUT2D eigenvalue weighted by molar-refractivity contribution is -0.118. The molecule has 1 aromatic heterocycles. The molecule has 0 aliphatic heterocycles. The normalized spacial score (nSPS) is 10.3. The molecule has 0 aliphatic rings. The number of carbonyl (C=O) groups is 1. The van der Waals surface area contributed by atoms with Gasteiger partial charge in [0.1, 0.15) is 0 Å². The Balaban J connectivity index is 2.06. The van der Waals surface area contributed by atoms with E-state index in [1.54, 1.807) is 0 Å². The van der Waals surface area contributed by atoms with E-state index in [1.807, 2.05) is 29.6 Å². The lowest BCUT2D eigenvalue weighted by Crippen LogP contribution is -2.31. The monoisotopic (exact) mass is 299 g/mol. The molecule has 0 spiro atoms. The van der Waals surface area contributed by atoms with Gasteiger partial charge in [0.25, 0.3) is 0 Å². The smallest absolute Gasteiger partial charge is 0.244 e. The van der Waals surface area contributed by atoms with Gasteiger partial charge in [0, 0.05) is 16.0 Å². The molecule has 0 bridgehead atoms. The van der Waals surface area contributed by atoms with Gasteiger partial charge in [0.05, 0.1) is 11.4 Å². The van der Waals surface area contributed by atoms with Crippen molar-refractivity contribution in [3.63, 3.8) is 0 Å². The minimum atomic E-state index is -0.219. The number of thiazole rings is 1. The molecule has 94 valence electrons. The zero-order valence-corrected chi connectivity index (χ0v) is 11.6. The predicted molar refractivity (Wildman–Crippen MR) is 75.6 cm³/mol. The molecule has 0 unspecified atom stereocenters. The van der Waals surface area contributed by atoms with E-state index in [1.165, 1.54) is 23.1 Å². The number of rotatable bonds is 4. The first-order valence-electron chi connectivity index (χ1n) is 5.03. The van der Waals surface area contributed by atoms with Gasteiger partial charge in [-0.3, -0.25) is 10.2 Å². The molecule has 2 aromatic rings. The minimum absolute atomic E-state index is 0.219. The van der Waals surface area contributed by atoms with Crippen molar-refractivity contribution >= 4 is 40.6 Å². The number of nitrogens with zero attached hydrogens (tertiary/aromatic N) is 1. The quantitative estimate of drug-likeness (QED) is 0.394. The van der Waals surface area contributed by atoms with Crippen molar-refractivity contribution in [3.8, 4) is 11.3 Å². The number of amides is 1. The standard InChI is InChI=1S/C11H10ClN3OS2/c12-8-3-1-7(2-4-8)9-5-17-11(14-9)18-6-10(16)15-13/h1-5H,6,13H2,(H,15,16). The van der Waals surface area contributed by atoms with Crippen molar-refractivity contribution in [2.75, 3.05) is 5.75 Å². The molecule has 18 heavy (non-hydrogen) atoms. The van der Waals surface area contributed by atoms with E-state index in [-0.39, 0.29) is 11.7 Å². The van der Waals surface area contributed by atoms with Crippen LogP contribution in [0.15, 0.2) is 34.0 Å². The first kappa shape index (κ1) is 13.4. The third-order valence-electron chi connectivity index (χ3n) is 2.11. The van der Waals surface area contributed by atoms with Crippen LogP contribution in [0.25, 0.3) is 11.3 Å². The molecule has 0 radical (unpaired) electrons. The Morgan fingerprint density at radius 3 is 2.83 bits per heavy atom. The summed E-state index contributed by atoms with van der Waals surface area (Å²) in [6.45, 7) is 0. The van der Waals surface area contributed by atoms with Gasteiger partial charge in [0.2, 0.25) is 5.91 Å². The van der Waals surface area contributed by atoms with Gasteiger partial charge in [-0.25, -0.2) is 10.8 Å². The highest BCUT2D eigenvalue weighted by Crippen LogP contribution is 2.28. The molecule has 0 saturated carbocycles. The Labute approximate surface area is 118 Å². The van der Waals surface area contributed by atoms with Crippen LogP contribution in [0.2, 0.25) is 5.02 Å². The first-order chi connectivity index (χ1) is 8.69. The number of benzene rings is 1. The van der Waals surface area contributed by atoms with E-state index in [0.717, 1.165) is 15.6 Å². The molecule has 2 rings (SSSR count). The number of carbonyl (C=O) groups excluding carboxylic acids is 1. The van der Waals surface area contributed by atoms with Gasteiger partial charge >= 0.3 is 0 Å². The number of halogens is 1. The summed E-state index contributed by atoms with van der Waals surface area (Å²) in [4.78, 5) is 15.4. The summed E-state index contributed by atoms with van der Waals surface area (Å²) in [5, 5.41) is 2.65. The fourth-order valence-corrected chi connectivity index (χ4v) is 3.02. The molecule has 7 heteroatoms. The highest BCUT2D eigenvalue weighted by atomic mass is 35.5. The zero-order valence-electron chi connectivity index (χ0n) is 9.22. The highest BCUT2D eigenvalue weighted by Gasteiger charge is 2.07. The van der Waals surface area contributed by atoms with Crippen LogP contribution in [0.1, 0.15) is 0 Å². The average molecular weight is 300 g/mol. The Bertz CT molecular complexity index is 541. The summed E-state index contributed by atoms with van der Waals surface area (Å²) in [6.07, 6.45) is 0. The van der Waals surface area contributed by atoms with Gasteiger partial charge in [0.15, 0.2) is 4.34 Å². The molecule has 3 N–H and O–H groups in total. The fourth-order valence-electron chi connectivity index (χ4n) is 1.25. The summed E-state index contributed by atoms with van der Waals surface area (Å²) in [5.74, 6) is 5.05. The topological polar surface area (TPSA) is 68.0 Å². The van der Waals surface area contributed by atoms with E-state index in [9.17, 15) is 4.79 Å². The Morgan fingerprint density at radius 1 is 1.44 bits per heavy atom. The molecular weight excluding hydrogens is 290 g/mol. The van der Waals surface area contributed by atoms with E-state index >= 15 is 0 Å². The number of hydrazine groups is 1. The van der Waals surface area contributed by atoms with Crippen LogP contribution in [-0.2, 0) is 4.79 Å². The molecule has 0 atom stereocenters. The third kappa shape index (κ3) is 3.46. The Morgan fingerprint density at radius 2 is 2.17 bits per heavy atom. The Kier molecular flexibility index (Phi) is 4.60. The first-order valence-corrected chi connectivity index (χ1v) is 7.27. The van der Waals surface area contributed by atoms with Crippen LogP contribution in [0.4, 0.5) is 0 Å². The van der Waals surface area contributed by atoms with Crippen LogP contribution in [-0.4, -0.2) is 16.6 Å². The number of nitrogens with two attached hydrogens (primary N) is 1. The van der Waals surface area contributed by atoms with Gasteiger partial charge in [-0.2, -0.15) is 0 Å². The summed E-state index contributed by atoms with van der Waals surface area (Å²) >= 11 is 8.69. The largest absolute Gasteiger partial charge is 0.294 e. The van der Waals surface area contributed by atoms with Gasteiger partial charge in [-0.15, -0.1) is 11.3 Å². The predicted octanol–water partition coefficient (Wildman–Crippen LogP) is 2.55. The summed E-state index contributed by atoms with van der Waals surface area (Å²) in [6, 6.07) is 7.48. The number of aromatic nitrogens is 1. The second kappa shape index (κ2) is 6.19. The molecule has 1 heterocycles. The minimum Gasteiger partial charge on any atom is -0.294 e. The second-order valence-electron chi connectivity index (χ2n) is 3.36. The zero-order chi connectivity index (χ0) is 13.0. The van der Waals surface area contributed by atoms with Crippen molar-refractivity contribution < 1.29 is 4.79 Å². The fraction of sp³-hybridized carbons (Fsp3) is 0.0909. The maximum Gasteiger partial charge on any atom is 0.244 e.